The second kappa shape index (κ2) is 7.66. The van der Waals surface area contributed by atoms with Crippen LogP contribution in [0.1, 0.15) is 41.0 Å². The predicted molar refractivity (Wildman–Crippen MR) is 85.7 cm³/mol. The molecule has 1 rings (SSSR count). The molecule has 20 heavy (non-hydrogen) atoms. The Labute approximate surface area is 128 Å². The molecule has 0 spiro atoms. The Bertz CT molecular complexity index is 348. The van der Waals surface area contributed by atoms with Gasteiger partial charge in [-0.1, -0.05) is 20.8 Å². The zero-order chi connectivity index (χ0) is 15.5. The summed E-state index contributed by atoms with van der Waals surface area (Å²) in [5, 5.41) is 0. The van der Waals surface area contributed by atoms with E-state index in [-0.39, 0.29) is 29.9 Å². The summed E-state index contributed by atoms with van der Waals surface area (Å²) in [7, 11) is 1.73. The average Bonchev–Trinajstić information content (AvgIpc) is 2.61. The van der Waals surface area contributed by atoms with Crippen molar-refractivity contribution in [3.05, 3.63) is 0 Å². The molecule has 1 aliphatic rings. The molecule has 5 unspecified atom stereocenters. The first-order chi connectivity index (χ1) is 9.19. The molecular formula is C14H29O4PS. The van der Waals surface area contributed by atoms with Gasteiger partial charge in [-0.2, -0.15) is 0 Å². The maximum absolute atomic E-state index is 10.1. The third kappa shape index (κ3) is 4.75. The molecule has 0 aromatic rings. The fourth-order valence-electron chi connectivity index (χ4n) is 2.72. The van der Waals surface area contributed by atoms with E-state index >= 15 is 0 Å². The molecule has 0 aromatic heterocycles. The SMILES string of the molecule is COC1C(C)CC(COP(O)(=S)C(C)C)C1OC(C)C. The van der Waals surface area contributed by atoms with E-state index in [1.54, 1.807) is 7.11 Å². The Kier molecular flexibility index (Phi) is 7.10. The summed E-state index contributed by atoms with van der Waals surface area (Å²) in [4.78, 5) is 10.1. The number of hydrogen-bond donors (Lipinski definition) is 1. The predicted octanol–water partition coefficient (Wildman–Crippen LogP) is 3.18. The lowest BCUT2D eigenvalue weighted by atomic mass is 10.1. The third-order valence-electron chi connectivity index (χ3n) is 3.85. The van der Waals surface area contributed by atoms with Gasteiger partial charge in [-0.25, -0.2) is 0 Å². The second-order valence-electron chi connectivity index (χ2n) is 6.28. The first-order valence-electron chi connectivity index (χ1n) is 7.34. The van der Waals surface area contributed by atoms with Gasteiger partial charge in [0, 0.05) is 18.7 Å². The zero-order valence-corrected chi connectivity index (χ0v) is 15.1. The van der Waals surface area contributed by atoms with Crippen LogP contribution in [0.2, 0.25) is 0 Å². The van der Waals surface area contributed by atoms with E-state index in [0.29, 0.717) is 12.5 Å². The van der Waals surface area contributed by atoms with Crippen molar-refractivity contribution in [2.45, 2.75) is 65.0 Å². The Morgan fingerprint density at radius 3 is 2.30 bits per heavy atom. The molecular weight excluding hydrogens is 295 g/mol. The lowest BCUT2D eigenvalue weighted by Crippen LogP contribution is -2.36. The second-order valence-corrected chi connectivity index (χ2v) is 10.3. The van der Waals surface area contributed by atoms with Gasteiger partial charge in [0.1, 0.15) is 0 Å². The van der Waals surface area contributed by atoms with E-state index in [2.05, 4.69) is 6.92 Å². The van der Waals surface area contributed by atoms with Crippen molar-refractivity contribution in [2.24, 2.45) is 11.8 Å². The summed E-state index contributed by atoms with van der Waals surface area (Å²) >= 11 is 5.19. The molecule has 0 aliphatic heterocycles. The average molecular weight is 324 g/mol. The summed E-state index contributed by atoms with van der Waals surface area (Å²) in [6.07, 6.45) is 1.22. The van der Waals surface area contributed by atoms with Crippen LogP contribution in [0.15, 0.2) is 0 Å². The van der Waals surface area contributed by atoms with E-state index in [0.717, 1.165) is 6.42 Å². The first kappa shape index (κ1) is 18.5. The number of methoxy groups -OCH3 is 1. The largest absolute Gasteiger partial charge is 0.378 e. The molecule has 0 aromatic carbocycles. The van der Waals surface area contributed by atoms with Crippen LogP contribution in [0.4, 0.5) is 0 Å². The van der Waals surface area contributed by atoms with Crippen molar-refractivity contribution in [1.29, 1.82) is 0 Å². The van der Waals surface area contributed by atoms with Gasteiger partial charge >= 0.3 is 0 Å². The minimum absolute atomic E-state index is 0.0113. The van der Waals surface area contributed by atoms with Crippen molar-refractivity contribution in [3.63, 3.8) is 0 Å². The van der Waals surface area contributed by atoms with Gasteiger partial charge in [-0.3, -0.25) is 0 Å². The summed E-state index contributed by atoms with van der Waals surface area (Å²) < 4.78 is 17.3. The fourth-order valence-corrected chi connectivity index (χ4v) is 3.61. The topological polar surface area (TPSA) is 47.9 Å². The normalized spacial score (nSPS) is 33.9. The van der Waals surface area contributed by atoms with Crippen molar-refractivity contribution in [3.8, 4) is 0 Å². The van der Waals surface area contributed by atoms with Crippen LogP contribution in [0.3, 0.4) is 0 Å². The van der Waals surface area contributed by atoms with E-state index in [1.165, 1.54) is 0 Å². The summed E-state index contributed by atoms with van der Waals surface area (Å²) in [6, 6.07) is 0. The van der Waals surface area contributed by atoms with Crippen molar-refractivity contribution in [2.75, 3.05) is 13.7 Å². The highest BCUT2D eigenvalue weighted by atomic mass is 32.5. The maximum atomic E-state index is 10.1. The summed E-state index contributed by atoms with van der Waals surface area (Å²) in [5.74, 6) is 0.651. The van der Waals surface area contributed by atoms with E-state index in [1.807, 2.05) is 27.7 Å². The van der Waals surface area contributed by atoms with E-state index < -0.39 is 6.49 Å². The molecule has 0 radical (unpaired) electrons. The molecule has 0 saturated heterocycles. The fraction of sp³-hybridized carbons (Fsp3) is 1.00. The van der Waals surface area contributed by atoms with Crippen LogP contribution in [0.5, 0.6) is 0 Å². The minimum atomic E-state index is -2.69. The Balaban J connectivity index is 2.69. The zero-order valence-electron chi connectivity index (χ0n) is 13.4. The lowest BCUT2D eigenvalue weighted by Gasteiger charge is -2.28. The molecule has 0 bridgehead atoms. The monoisotopic (exact) mass is 324 g/mol. The van der Waals surface area contributed by atoms with Gasteiger partial charge < -0.3 is 18.9 Å². The van der Waals surface area contributed by atoms with Gasteiger partial charge in [0.2, 0.25) is 0 Å². The Morgan fingerprint density at radius 1 is 1.25 bits per heavy atom. The quantitative estimate of drug-likeness (QED) is 0.729. The molecule has 0 amide bonds. The standard InChI is InChI=1S/C14H29O4PS/c1-9(2)18-14-12(7-11(5)13(14)16-6)8-17-19(15,20)10(3)4/h9-14H,7-8H2,1-6H3,(H,15,20). The van der Waals surface area contributed by atoms with E-state index in [9.17, 15) is 4.89 Å². The Hall–Kier alpha value is 0.490. The summed E-state index contributed by atoms with van der Waals surface area (Å²) in [6.45, 7) is 7.79. The lowest BCUT2D eigenvalue weighted by molar-refractivity contribution is -0.0929. The molecule has 4 nitrogen and oxygen atoms in total. The molecule has 1 fully saturated rings. The van der Waals surface area contributed by atoms with Crippen LogP contribution in [0, 0.1) is 11.8 Å². The van der Waals surface area contributed by atoms with Crippen LogP contribution in [0.25, 0.3) is 0 Å². The Morgan fingerprint density at radius 2 is 1.85 bits per heavy atom. The highest BCUT2D eigenvalue weighted by Crippen LogP contribution is 2.49. The molecule has 120 valence electrons. The molecule has 6 heteroatoms. The van der Waals surface area contributed by atoms with E-state index in [4.69, 9.17) is 25.8 Å². The first-order valence-corrected chi connectivity index (χ1v) is 10.1. The van der Waals surface area contributed by atoms with Crippen molar-refractivity contribution in [1.82, 2.24) is 0 Å². The van der Waals surface area contributed by atoms with Gasteiger partial charge in [-0.05, 0) is 38.0 Å². The molecule has 5 atom stereocenters. The smallest absolute Gasteiger partial charge is 0.188 e. The van der Waals surface area contributed by atoms with Crippen molar-refractivity contribution >= 4 is 18.3 Å². The van der Waals surface area contributed by atoms with Gasteiger partial charge in [0.05, 0.1) is 24.9 Å². The number of hydrogen-bond acceptors (Lipinski definition) is 4. The van der Waals surface area contributed by atoms with Gasteiger partial charge in [0.15, 0.2) is 6.49 Å². The van der Waals surface area contributed by atoms with Gasteiger partial charge in [-0.15, -0.1) is 0 Å². The third-order valence-corrected chi connectivity index (χ3v) is 7.26. The number of ether oxygens (including phenoxy) is 2. The van der Waals surface area contributed by atoms with Crippen LogP contribution >= 0.6 is 6.49 Å². The number of rotatable bonds is 7. The van der Waals surface area contributed by atoms with Gasteiger partial charge in [0.25, 0.3) is 0 Å². The molecule has 1 saturated carbocycles. The van der Waals surface area contributed by atoms with Crippen molar-refractivity contribution < 1.29 is 18.9 Å². The molecule has 1 N–H and O–H groups in total. The van der Waals surface area contributed by atoms with Crippen LogP contribution < -0.4 is 0 Å². The highest BCUT2D eigenvalue weighted by Gasteiger charge is 2.43. The van der Waals surface area contributed by atoms with Crippen LogP contribution in [-0.4, -0.2) is 42.6 Å². The minimum Gasteiger partial charge on any atom is -0.378 e. The molecule has 1 aliphatic carbocycles. The highest BCUT2D eigenvalue weighted by molar-refractivity contribution is 8.09. The molecule has 0 heterocycles. The summed E-state index contributed by atoms with van der Waals surface area (Å²) in [5.41, 5.74) is -0.0148. The van der Waals surface area contributed by atoms with Crippen LogP contribution in [-0.2, 0) is 25.8 Å². The maximum Gasteiger partial charge on any atom is 0.188 e.